The second-order valence-electron chi connectivity index (χ2n) is 3.59. The van der Waals surface area contributed by atoms with Crippen LogP contribution in [0.15, 0.2) is 11.4 Å². The number of hydrogen-bond donors (Lipinski definition) is 0. The van der Waals surface area contributed by atoms with Gasteiger partial charge >= 0.3 is 0 Å². The Hall–Kier alpha value is -0.200. The Labute approximate surface area is 95.3 Å². The summed E-state index contributed by atoms with van der Waals surface area (Å²) in [5.41, 5.74) is 1.42. The Morgan fingerprint density at radius 3 is 2.47 bits per heavy atom. The largest absolute Gasteiger partial charge is 0.382 e. The summed E-state index contributed by atoms with van der Waals surface area (Å²) >= 11 is 0. The molecule has 0 heterocycles. The van der Waals surface area contributed by atoms with Gasteiger partial charge in [-0.05, 0) is 45.4 Å². The molecule has 0 aromatic carbocycles. The third-order valence-corrected chi connectivity index (χ3v) is 3.10. The van der Waals surface area contributed by atoms with Gasteiger partial charge in [-0.25, -0.2) is 0 Å². The van der Waals surface area contributed by atoms with Crippen LogP contribution < -0.4 is 0 Å². The van der Waals surface area contributed by atoms with E-state index in [0.717, 1.165) is 19.1 Å². The highest BCUT2D eigenvalue weighted by Crippen LogP contribution is 2.34. The van der Waals surface area contributed by atoms with E-state index in [1.54, 1.807) is 0 Å². The molecule has 1 aliphatic rings. The molecule has 0 aromatic heterocycles. The number of rotatable bonds is 4. The highest BCUT2D eigenvalue weighted by Gasteiger charge is 2.18. The molecule has 1 unspecified atom stereocenters. The molecule has 1 aliphatic carbocycles. The van der Waals surface area contributed by atoms with Gasteiger partial charge in [-0.1, -0.05) is 12.5 Å². The van der Waals surface area contributed by atoms with Gasteiger partial charge in [0, 0.05) is 19.0 Å². The maximum atomic E-state index is 10.2. The molecular weight excluding hydrogens is 207 g/mol. The average Bonchev–Trinajstić information content (AvgIpc) is 2.68. The summed E-state index contributed by atoms with van der Waals surface area (Å²) in [6.45, 7) is 7.87. The minimum Gasteiger partial charge on any atom is -0.382 e. The average molecular weight is 230 g/mol. The Kier molecular flexibility index (Phi) is 10.2. The van der Waals surface area contributed by atoms with E-state index in [1.807, 2.05) is 19.7 Å². The Balaban J connectivity index is 0.000000336. The summed E-state index contributed by atoms with van der Waals surface area (Å²) < 4.78 is 15.1. The monoisotopic (exact) mass is 230 g/mol. The van der Waals surface area contributed by atoms with E-state index in [4.69, 9.17) is 4.74 Å². The summed E-state index contributed by atoms with van der Waals surface area (Å²) in [5, 5.41) is 0. The van der Waals surface area contributed by atoms with Crippen LogP contribution in [0.2, 0.25) is 0 Å². The molecule has 1 atom stereocenters. The fourth-order valence-electron chi connectivity index (χ4n) is 1.85. The van der Waals surface area contributed by atoms with Crippen LogP contribution in [0.4, 0.5) is 0 Å². The summed E-state index contributed by atoms with van der Waals surface area (Å²) in [6.07, 6.45) is 4.98. The Morgan fingerprint density at radius 1 is 1.40 bits per heavy atom. The predicted molar refractivity (Wildman–Crippen MR) is 65.5 cm³/mol. The summed E-state index contributed by atoms with van der Waals surface area (Å²) in [6, 6.07) is 0. The molecule has 0 aliphatic heterocycles. The maximum absolute atomic E-state index is 10.2. The van der Waals surface area contributed by atoms with Gasteiger partial charge in [0.25, 0.3) is 0 Å². The standard InChI is InChI=1S/C8H13OP.C4H10O/c1-2-7-4-3-5-8(7)6-10-9;1-3-5-4-2/h6-7H,2-5H2,1H3;3-4H2,1-2H3/b8-6+;. The van der Waals surface area contributed by atoms with Crippen molar-refractivity contribution in [1.82, 2.24) is 0 Å². The molecule has 88 valence electrons. The van der Waals surface area contributed by atoms with Crippen molar-refractivity contribution in [2.45, 2.75) is 46.5 Å². The van der Waals surface area contributed by atoms with Crippen molar-refractivity contribution in [3.8, 4) is 0 Å². The van der Waals surface area contributed by atoms with E-state index in [1.165, 1.54) is 31.3 Å². The second kappa shape index (κ2) is 10.3. The van der Waals surface area contributed by atoms with Gasteiger partial charge in [-0.15, -0.1) is 0 Å². The molecule has 0 aromatic rings. The highest BCUT2D eigenvalue weighted by molar-refractivity contribution is 7.27. The van der Waals surface area contributed by atoms with Crippen LogP contribution in [-0.4, -0.2) is 13.2 Å². The van der Waals surface area contributed by atoms with Crippen LogP contribution in [0.25, 0.3) is 0 Å². The van der Waals surface area contributed by atoms with Crippen molar-refractivity contribution >= 4 is 8.46 Å². The fourth-order valence-corrected chi connectivity index (χ4v) is 2.33. The maximum Gasteiger partial charge on any atom is 0.184 e. The minimum atomic E-state index is 0.187. The lowest BCUT2D eigenvalue weighted by Gasteiger charge is -2.05. The van der Waals surface area contributed by atoms with Crippen LogP contribution in [0.1, 0.15) is 46.5 Å². The molecule has 0 spiro atoms. The summed E-state index contributed by atoms with van der Waals surface area (Å²) in [5.74, 6) is 2.59. The first-order valence-corrected chi connectivity index (χ1v) is 6.77. The molecule has 1 rings (SSSR count). The van der Waals surface area contributed by atoms with Crippen LogP contribution in [0, 0.1) is 5.92 Å². The van der Waals surface area contributed by atoms with Gasteiger partial charge < -0.3 is 4.74 Å². The quantitative estimate of drug-likeness (QED) is 0.668. The Morgan fingerprint density at radius 2 is 2.07 bits per heavy atom. The first-order valence-electron chi connectivity index (χ1n) is 5.89. The van der Waals surface area contributed by atoms with Crippen LogP contribution in [0.3, 0.4) is 0 Å². The highest BCUT2D eigenvalue weighted by atomic mass is 31.1. The Bertz CT molecular complexity index is 188. The van der Waals surface area contributed by atoms with Crippen molar-refractivity contribution in [1.29, 1.82) is 0 Å². The first-order chi connectivity index (χ1) is 7.29. The topological polar surface area (TPSA) is 26.3 Å². The van der Waals surface area contributed by atoms with Crippen molar-refractivity contribution in [2.75, 3.05) is 13.2 Å². The second-order valence-corrected chi connectivity index (χ2v) is 4.06. The van der Waals surface area contributed by atoms with Gasteiger partial charge in [0.2, 0.25) is 0 Å². The lowest BCUT2D eigenvalue weighted by molar-refractivity contribution is 0.162. The van der Waals surface area contributed by atoms with Crippen molar-refractivity contribution < 1.29 is 9.30 Å². The molecule has 2 nitrogen and oxygen atoms in total. The van der Waals surface area contributed by atoms with E-state index in [0.29, 0.717) is 0 Å². The lowest BCUT2D eigenvalue weighted by Crippen LogP contribution is -1.91. The zero-order valence-corrected chi connectivity index (χ0v) is 11.1. The molecule has 0 N–H and O–H groups in total. The molecule has 0 radical (unpaired) electrons. The van der Waals surface area contributed by atoms with Gasteiger partial charge in [0.15, 0.2) is 8.46 Å². The van der Waals surface area contributed by atoms with Crippen LogP contribution in [0.5, 0.6) is 0 Å². The molecule has 0 bridgehead atoms. The normalized spacial score (nSPS) is 22.9. The fraction of sp³-hybridized carbons (Fsp3) is 0.833. The molecule has 0 saturated heterocycles. The van der Waals surface area contributed by atoms with Gasteiger partial charge in [0.1, 0.15) is 0 Å². The van der Waals surface area contributed by atoms with Gasteiger partial charge in [0.05, 0.1) is 0 Å². The zero-order chi connectivity index (χ0) is 11.5. The van der Waals surface area contributed by atoms with E-state index in [9.17, 15) is 4.57 Å². The van der Waals surface area contributed by atoms with Crippen molar-refractivity contribution in [3.63, 3.8) is 0 Å². The third kappa shape index (κ3) is 6.81. The molecule has 1 saturated carbocycles. The molecule has 3 heteroatoms. The van der Waals surface area contributed by atoms with Crippen LogP contribution in [-0.2, 0) is 9.30 Å². The number of ether oxygens (including phenoxy) is 1. The van der Waals surface area contributed by atoms with Crippen molar-refractivity contribution in [3.05, 3.63) is 11.4 Å². The van der Waals surface area contributed by atoms with E-state index in [-0.39, 0.29) is 8.46 Å². The lowest BCUT2D eigenvalue weighted by atomic mass is 10.0. The predicted octanol–water partition coefficient (Wildman–Crippen LogP) is 4.41. The molecule has 0 amide bonds. The van der Waals surface area contributed by atoms with E-state index in [2.05, 4.69) is 6.92 Å². The van der Waals surface area contributed by atoms with E-state index < -0.39 is 0 Å². The van der Waals surface area contributed by atoms with Gasteiger partial charge in [-0.2, -0.15) is 0 Å². The third-order valence-electron chi connectivity index (χ3n) is 2.66. The van der Waals surface area contributed by atoms with Gasteiger partial charge in [-0.3, -0.25) is 4.57 Å². The van der Waals surface area contributed by atoms with E-state index >= 15 is 0 Å². The van der Waals surface area contributed by atoms with Crippen LogP contribution >= 0.6 is 8.46 Å². The summed E-state index contributed by atoms with van der Waals surface area (Å²) in [4.78, 5) is 0. The molecular formula is C12H23O2P. The smallest absolute Gasteiger partial charge is 0.184 e. The first kappa shape index (κ1) is 14.8. The molecule has 15 heavy (non-hydrogen) atoms. The molecule has 1 fully saturated rings. The number of allylic oxidation sites excluding steroid dienone is 1. The van der Waals surface area contributed by atoms with Crippen molar-refractivity contribution in [2.24, 2.45) is 5.92 Å². The zero-order valence-electron chi connectivity index (χ0n) is 10.2. The minimum absolute atomic E-state index is 0.187. The summed E-state index contributed by atoms with van der Waals surface area (Å²) in [7, 11) is 0.187. The SMILES string of the molecule is CCC1CCC/C1=C\P=O.CCOCC. The number of hydrogen-bond acceptors (Lipinski definition) is 2.